The molecule has 0 bridgehead atoms. The van der Waals surface area contributed by atoms with E-state index in [0.717, 1.165) is 18.5 Å². The molecule has 0 spiro atoms. The molecular formula is C17H26N2. The average molecular weight is 258 g/mol. The van der Waals surface area contributed by atoms with Crippen molar-refractivity contribution in [3.8, 4) is 0 Å². The Morgan fingerprint density at radius 2 is 1.95 bits per heavy atom. The molecule has 104 valence electrons. The Morgan fingerprint density at radius 1 is 1.16 bits per heavy atom. The summed E-state index contributed by atoms with van der Waals surface area (Å²) >= 11 is 0. The summed E-state index contributed by atoms with van der Waals surface area (Å²) in [4.78, 5) is 2.77. The first-order valence-corrected chi connectivity index (χ1v) is 7.89. The summed E-state index contributed by atoms with van der Waals surface area (Å²) in [6.07, 6.45) is 7.22. The van der Waals surface area contributed by atoms with Gasteiger partial charge in [0, 0.05) is 24.3 Å². The normalized spacial score (nSPS) is 28.9. The molecule has 1 aromatic rings. The van der Waals surface area contributed by atoms with Crippen LogP contribution in [0, 0.1) is 5.92 Å². The van der Waals surface area contributed by atoms with Crippen molar-refractivity contribution in [2.24, 2.45) is 5.92 Å². The second-order valence-electron chi connectivity index (χ2n) is 6.23. The van der Waals surface area contributed by atoms with Crippen LogP contribution in [0.5, 0.6) is 0 Å². The van der Waals surface area contributed by atoms with Crippen LogP contribution in [0.3, 0.4) is 0 Å². The van der Waals surface area contributed by atoms with Crippen LogP contribution in [0.4, 0.5) is 5.69 Å². The lowest BCUT2D eigenvalue weighted by atomic mass is 9.91. The van der Waals surface area contributed by atoms with Crippen molar-refractivity contribution in [3.63, 3.8) is 0 Å². The van der Waals surface area contributed by atoms with Gasteiger partial charge in [0.2, 0.25) is 0 Å². The number of hydrogen-bond acceptors (Lipinski definition) is 2. The third-order valence-corrected chi connectivity index (χ3v) is 4.98. The number of likely N-dealkylation sites (tertiary alicyclic amines) is 1. The highest BCUT2D eigenvalue weighted by Gasteiger charge is 2.36. The second-order valence-corrected chi connectivity index (χ2v) is 6.23. The molecule has 2 heteroatoms. The lowest BCUT2D eigenvalue weighted by Gasteiger charge is -2.41. The van der Waals surface area contributed by atoms with E-state index in [-0.39, 0.29) is 0 Å². The highest BCUT2D eigenvalue weighted by atomic mass is 15.2. The predicted octanol–water partition coefficient (Wildman–Crippen LogP) is 3.75. The molecule has 3 atom stereocenters. The molecule has 1 saturated carbocycles. The summed E-state index contributed by atoms with van der Waals surface area (Å²) in [7, 11) is 0. The Morgan fingerprint density at radius 3 is 2.79 bits per heavy atom. The van der Waals surface area contributed by atoms with Crippen LogP contribution >= 0.6 is 0 Å². The zero-order valence-electron chi connectivity index (χ0n) is 12.0. The van der Waals surface area contributed by atoms with E-state index in [9.17, 15) is 0 Å². The van der Waals surface area contributed by atoms with Gasteiger partial charge in [-0.3, -0.25) is 4.90 Å². The maximum Gasteiger partial charge on any atom is 0.0340 e. The molecule has 1 aromatic carbocycles. The Kier molecular flexibility index (Phi) is 4.07. The standard InChI is InChI=1S/C17H26N2/c1-14(13-18-16-9-3-2-4-10-16)19-12-6-8-15-7-5-11-17(15)19/h2-4,9-10,14-15,17-18H,5-8,11-13H2,1H3. The summed E-state index contributed by atoms with van der Waals surface area (Å²) in [6, 6.07) is 12.1. The Hall–Kier alpha value is -1.02. The first kappa shape index (κ1) is 13.0. The van der Waals surface area contributed by atoms with Crippen LogP contribution in [-0.2, 0) is 0 Å². The maximum absolute atomic E-state index is 3.58. The molecule has 2 nitrogen and oxygen atoms in total. The Labute approximate surface area is 117 Å². The van der Waals surface area contributed by atoms with Gasteiger partial charge in [0.15, 0.2) is 0 Å². The van der Waals surface area contributed by atoms with E-state index in [1.54, 1.807) is 0 Å². The van der Waals surface area contributed by atoms with Gasteiger partial charge in [0.05, 0.1) is 0 Å². The minimum absolute atomic E-state index is 0.645. The molecule has 0 amide bonds. The van der Waals surface area contributed by atoms with E-state index in [0.29, 0.717) is 6.04 Å². The van der Waals surface area contributed by atoms with E-state index < -0.39 is 0 Å². The summed E-state index contributed by atoms with van der Waals surface area (Å²) in [6.45, 7) is 4.75. The highest BCUT2D eigenvalue weighted by molar-refractivity contribution is 5.42. The highest BCUT2D eigenvalue weighted by Crippen LogP contribution is 2.37. The van der Waals surface area contributed by atoms with Gasteiger partial charge in [-0.2, -0.15) is 0 Å². The Bertz CT molecular complexity index is 390. The van der Waals surface area contributed by atoms with Crippen molar-refractivity contribution in [3.05, 3.63) is 30.3 Å². The van der Waals surface area contributed by atoms with Crippen molar-refractivity contribution < 1.29 is 0 Å². The number of fused-ring (bicyclic) bond motifs is 1. The zero-order chi connectivity index (χ0) is 13.1. The number of benzene rings is 1. The fourth-order valence-electron chi connectivity index (χ4n) is 3.98. The molecule has 0 radical (unpaired) electrons. The zero-order valence-corrected chi connectivity index (χ0v) is 12.0. The molecule has 3 rings (SSSR count). The molecule has 3 unspecified atom stereocenters. The van der Waals surface area contributed by atoms with Crippen molar-refractivity contribution >= 4 is 5.69 Å². The van der Waals surface area contributed by atoms with Crippen LogP contribution in [0.25, 0.3) is 0 Å². The van der Waals surface area contributed by atoms with Crippen molar-refractivity contribution in [2.45, 2.75) is 51.1 Å². The SMILES string of the molecule is CC(CNc1ccccc1)N1CCCC2CCCC21. The third kappa shape index (κ3) is 2.94. The predicted molar refractivity (Wildman–Crippen MR) is 81.5 cm³/mol. The molecule has 1 aliphatic carbocycles. The second kappa shape index (κ2) is 5.96. The summed E-state index contributed by atoms with van der Waals surface area (Å²) in [5.74, 6) is 0.993. The van der Waals surface area contributed by atoms with Gasteiger partial charge in [-0.15, -0.1) is 0 Å². The average Bonchev–Trinajstić information content (AvgIpc) is 2.94. The maximum atomic E-state index is 3.58. The first-order valence-electron chi connectivity index (χ1n) is 7.89. The molecule has 19 heavy (non-hydrogen) atoms. The number of nitrogens with one attached hydrogen (secondary N) is 1. The number of nitrogens with zero attached hydrogens (tertiary/aromatic N) is 1. The lowest BCUT2D eigenvalue weighted by Crippen LogP contribution is -2.49. The van der Waals surface area contributed by atoms with E-state index in [1.165, 1.54) is 44.3 Å². The largest absolute Gasteiger partial charge is 0.383 e. The molecule has 2 aliphatic rings. The number of hydrogen-bond donors (Lipinski definition) is 1. The smallest absolute Gasteiger partial charge is 0.0340 e. The molecular weight excluding hydrogens is 232 g/mol. The fourth-order valence-corrected chi connectivity index (χ4v) is 3.98. The van der Waals surface area contributed by atoms with Gasteiger partial charge < -0.3 is 5.32 Å². The van der Waals surface area contributed by atoms with Gasteiger partial charge in [-0.1, -0.05) is 24.6 Å². The van der Waals surface area contributed by atoms with Gasteiger partial charge >= 0.3 is 0 Å². The molecule has 1 heterocycles. The van der Waals surface area contributed by atoms with Gasteiger partial charge in [0.25, 0.3) is 0 Å². The molecule has 1 saturated heterocycles. The van der Waals surface area contributed by atoms with E-state index in [2.05, 4.69) is 47.5 Å². The quantitative estimate of drug-likeness (QED) is 0.885. The third-order valence-electron chi connectivity index (χ3n) is 4.98. The number of rotatable bonds is 4. The minimum Gasteiger partial charge on any atom is -0.383 e. The minimum atomic E-state index is 0.645. The van der Waals surface area contributed by atoms with Crippen LogP contribution < -0.4 is 5.32 Å². The number of para-hydroxylation sites is 1. The van der Waals surface area contributed by atoms with E-state index in [1.807, 2.05) is 0 Å². The molecule has 1 N–H and O–H groups in total. The fraction of sp³-hybridized carbons (Fsp3) is 0.647. The lowest BCUT2D eigenvalue weighted by molar-refractivity contribution is 0.0798. The van der Waals surface area contributed by atoms with E-state index >= 15 is 0 Å². The summed E-state index contributed by atoms with van der Waals surface area (Å²) < 4.78 is 0. The van der Waals surface area contributed by atoms with Gasteiger partial charge in [-0.05, 0) is 57.2 Å². The molecule has 1 aliphatic heterocycles. The summed E-state index contributed by atoms with van der Waals surface area (Å²) in [5, 5.41) is 3.58. The monoisotopic (exact) mass is 258 g/mol. The van der Waals surface area contributed by atoms with Crippen LogP contribution in [0.1, 0.15) is 39.0 Å². The van der Waals surface area contributed by atoms with Crippen LogP contribution in [0.15, 0.2) is 30.3 Å². The molecule has 0 aromatic heterocycles. The molecule has 2 fully saturated rings. The van der Waals surface area contributed by atoms with E-state index in [4.69, 9.17) is 0 Å². The number of anilines is 1. The number of piperidine rings is 1. The first-order chi connectivity index (χ1) is 9.34. The van der Waals surface area contributed by atoms with Crippen molar-refractivity contribution in [1.29, 1.82) is 0 Å². The van der Waals surface area contributed by atoms with Gasteiger partial charge in [0.1, 0.15) is 0 Å². The van der Waals surface area contributed by atoms with Crippen molar-refractivity contribution in [2.75, 3.05) is 18.4 Å². The van der Waals surface area contributed by atoms with Crippen LogP contribution in [-0.4, -0.2) is 30.1 Å². The van der Waals surface area contributed by atoms with Crippen LogP contribution in [0.2, 0.25) is 0 Å². The topological polar surface area (TPSA) is 15.3 Å². The summed E-state index contributed by atoms with van der Waals surface area (Å²) in [5.41, 5.74) is 1.24. The van der Waals surface area contributed by atoms with Gasteiger partial charge in [-0.25, -0.2) is 0 Å². The Balaban J connectivity index is 1.56. The van der Waals surface area contributed by atoms with Crippen molar-refractivity contribution in [1.82, 2.24) is 4.90 Å².